The van der Waals surface area contributed by atoms with Crippen LogP contribution in [0.25, 0.3) is 0 Å². The van der Waals surface area contributed by atoms with E-state index in [4.69, 9.17) is 21.1 Å². The number of esters is 1. The lowest BCUT2D eigenvalue weighted by Gasteiger charge is -2.26. The number of piperidine rings is 1. The van der Waals surface area contributed by atoms with Crippen molar-refractivity contribution in [2.24, 2.45) is 0 Å². The molecule has 0 spiro atoms. The molecule has 1 saturated heterocycles. The fourth-order valence-corrected chi connectivity index (χ4v) is 4.67. The topological polar surface area (TPSA) is 72.9 Å². The molecule has 1 aliphatic rings. The van der Waals surface area contributed by atoms with E-state index >= 15 is 0 Å². The number of hydrogen-bond donors (Lipinski definition) is 0. The van der Waals surface area contributed by atoms with E-state index < -0.39 is 16.0 Å². The maximum absolute atomic E-state index is 12.8. The molecular formula is C19H20ClNO5S. The van der Waals surface area contributed by atoms with E-state index in [1.807, 2.05) is 0 Å². The Balaban J connectivity index is 1.90. The minimum Gasteiger partial charge on any atom is -0.493 e. The van der Waals surface area contributed by atoms with Crippen molar-refractivity contribution in [3.8, 4) is 11.5 Å². The van der Waals surface area contributed by atoms with Crippen LogP contribution >= 0.6 is 11.6 Å². The maximum atomic E-state index is 12.8. The maximum Gasteiger partial charge on any atom is 0.345 e. The molecule has 27 heavy (non-hydrogen) atoms. The Morgan fingerprint density at radius 1 is 1.04 bits per heavy atom. The number of methoxy groups -OCH3 is 1. The molecule has 1 fully saturated rings. The van der Waals surface area contributed by atoms with Gasteiger partial charge in [-0.2, -0.15) is 4.31 Å². The molecule has 8 heteroatoms. The number of sulfonamides is 1. The molecule has 2 aromatic carbocycles. The quantitative estimate of drug-likeness (QED) is 0.555. The number of rotatable bonds is 5. The third-order valence-corrected chi connectivity index (χ3v) is 6.61. The van der Waals surface area contributed by atoms with Crippen LogP contribution < -0.4 is 9.47 Å². The highest BCUT2D eigenvalue weighted by Gasteiger charge is 2.27. The Morgan fingerprint density at radius 3 is 2.37 bits per heavy atom. The summed E-state index contributed by atoms with van der Waals surface area (Å²) >= 11 is 6.13. The minimum absolute atomic E-state index is 0.0133. The fraction of sp³-hybridized carbons (Fsp3) is 0.316. The van der Waals surface area contributed by atoms with Crippen LogP contribution in [-0.2, 0) is 10.0 Å². The zero-order valence-electron chi connectivity index (χ0n) is 14.9. The summed E-state index contributed by atoms with van der Waals surface area (Å²) in [6.45, 7) is 0.956. The van der Waals surface area contributed by atoms with Crippen molar-refractivity contribution in [2.75, 3.05) is 20.2 Å². The van der Waals surface area contributed by atoms with E-state index in [0.717, 1.165) is 19.3 Å². The van der Waals surface area contributed by atoms with Crippen LogP contribution in [0.3, 0.4) is 0 Å². The highest BCUT2D eigenvalue weighted by atomic mass is 35.5. The molecule has 0 saturated carbocycles. The van der Waals surface area contributed by atoms with E-state index in [9.17, 15) is 13.2 Å². The smallest absolute Gasteiger partial charge is 0.345 e. The van der Waals surface area contributed by atoms with Crippen LogP contribution in [0.5, 0.6) is 11.5 Å². The van der Waals surface area contributed by atoms with Crippen molar-refractivity contribution in [3.05, 3.63) is 53.1 Å². The molecule has 3 rings (SSSR count). The predicted octanol–water partition coefficient (Wildman–Crippen LogP) is 3.74. The van der Waals surface area contributed by atoms with E-state index in [2.05, 4.69) is 0 Å². The van der Waals surface area contributed by atoms with E-state index in [1.165, 1.54) is 29.6 Å². The standard InChI is InChI=1S/C19H20ClNO5S/c1-25-17-7-3-4-8-18(17)26-19(22)15-13-14(9-10-16(15)20)27(23,24)21-11-5-2-6-12-21/h3-4,7-10,13H,2,5-6,11-12H2,1H3. The van der Waals surface area contributed by atoms with E-state index in [0.29, 0.717) is 18.8 Å². The molecule has 1 heterocycles. The molecule has 0 radical (unpaired) electrons. The van der Waals surface area contributed by atoms with Crippen molar-refractivity contribution >= 4 is 27.6 Å². The summed E-state index contributed by atoms with van der Waals surface area (Å²) in [5.74, 6) is -0.135. The Morgan fingerprint density at radius 2 is 1.70 bits per heavy atom. The average Bonchev–Trinajstić information content (AvgIpc) is 2.69. The number of benzene rings is 2. The van der Waals surface area contributed by atoms with Gasteiger partial charge in [0.2, 0.25) is 10.0 Å². The molecule has 0 bridgehead atoms. The molecule has 144 valence electrons. The average molecular weight is 410 g/mol. The zero-order chi connectivity index (χ0) is 19.4. The Hall–Kier alpha value is -2.09. The van der Waals surface area contributed by atoms with Crippen LogP contribution in [0, 0.1) is 0 Å². The first-order chi connectivity index (χ1) is 12.9. The minimum atomic E-state index is -3.68. The number of para-hydroxylation sites is 2. The lowest BCUT2D eigenvalue weighted by Crippen LogP contribution is -2.35. The van der Waals surface area contributed by atoms with E-state index in [1.54, 1.807) is 24.3 Å². The number of carbonyl (C=O) groups is 1. The van der Waals surface area contributed by atoms with Gasteiger partial charge in [0, 0.05) is 13.1 Å². The molecule has 0 N–H and O–H groups in total. The first kappa shape index (κ1) is 19.7. The molecule has 6 nitrogen and oxygen atoms in total. The summed E-state index contributed by atoms with van der Waals surface area (Å²) in [4.78, 5) is 12.6. The molecule has 0 unspecified atom stereocenters. The summed E-state index contributed by atoms with van der Waals surface area (Å²) in [5, 5.41) is 0.118. The second-order valence-corrected chi connectivity index (χ2v) is 8.49. The highest BCUT2D eigenvalue weighted by molar-refractivity contribution is 7.89. The molecule has 0 aliphatic carbocycles. The first-order valence-corrected chi connectivity index (χ1v) is 10.4. The molecule has 0 atom stereocenters. The number of nitrogens with zero attached hydrogens (tertiary/aromatic N) is 1. The lowest BCUT2D eigenvalue weighted by atomic mass is 10.2. The fourth-order valence-electron chi connectivity index (χ4n) is 2.93. The molecule has 2 aromatic rings. The Kier molecular flexibility index (Phi) is 6.04. The largest absolute Gasteiger partial charge is 0.493 e. The predicted molar refractivity (Wildman–Crippen MR) is 102 cm³/mol. The number of hydrogen-bond acceptors (Lipinski definition) is 5. The third-order valence-electron chi connectivity index (χ3n) is 4.38. The number of ether oxygens (including phenoxy) is 2. The number of halogens is 1. The second-order valence-electron chi connectivity index (χ2n) is 6.15. The highest BCUT2D eigenvalue weighted by Crippen LogP contribution is 2.29. The van der Waals surface area contributed by atoms with Crippen molar-refractivity contribution in [2.45, 2.75) is 24.2 Å². The van der Waals surface area contributed by atoms with Gasteiger partial charge in [0.05, 0.1) is 22.6 Å². The van der Waals surface area contributed by atoms with Gasteiger partial charge in [0.15, 0.2) is 11.5 Å². The van der Waals surface area contributed by atoms with Gasteiger partial charge in [-0.25, -0.2) is 13.2 Å². The van der Waals surface area contributed by atoms with Gasteiger partial charge in [-0.3, -0.25) is 0 Å². The van der Waals surface area contributed by atoms with Gasteiger partial charge >= 0.3 is 5.97 Å². The summed E-state index contributed by atoms with van der Waals surface area (Å²) in [6, 6.07) is 10.8. The Bertz CT molecular complexity index is 939. The van der Waals surface area contributed by atoms with Crippen molar-refractivity contribution in [1.29, 1.82) is 0 Å². The first-order valence-electron chi connectivity index (χ1n) is 8.58. The van der Waals surface area contributed by atoms with Crippen LogP contribution in [0.4, 0.5) is 0 Å². The third kappa shape index (κ3) is 4.26. The van der Waals surface area contributed by atoms with Crippen LogP contribution in [0.15, 0.2) is 47.4 Å². The monoisotopic (exact) mass is 409 g/mol. The van der Waals surface area contributed by atoms with Gasteiger partial charge in [0.1, 0.15) is 0 Å². The normalized spacial score (nSPS) is 15.3. The van der Waals surface area contributed by atoms with Crippen LogP contribution in [0.1, 0.15) is 29.6 Å². The zero-order valence-corrected chi connectivity index (χ0v) is 16.4. The lowest BCUT2D eigenvalue weighted by molar-refractivity contribution is 0.0729. The summed E-state index contributed by atoms with van der Waals surface area (Å²) < 4.78 is 37.6. The van der Waals surface area contributed by atoms with Crippen LogP contribution in [-0.4, -0.2) is 38.9 Å². The summed E-state index contributed by atoms with van der Waals surface area (Å²) in [5.41, 5.74) is -0.0133. The SMILES string of the molecule is COc1ccccc1OC(=O)c1cc(S(=O)(=O)N2CCCCC2)ccc1Cl. The molecule has 0 aromatic heterocycles. The Labute approximate surface area is 163 Å². The molecule has 0 amide bonds. The van der Waals surface area contributed by atoms with Crippen molar-refractivity contribution in [3.63, 3.8) is 0 Å². The van der Waals surface area contributed by atoms with E-state index in [-0.39, 0.29) is 21.2 Å². The van der Waals surface area contributed by atoms with Gasteiger partial charge in [0.25, 0.3) is 0 Å². The van der Waals surface area contributed by atoms with Gasteiger partial charge in [-0.1, -0.05) is 30.2 Å². The number of carbonyl (C=O) groups excluding carboxylic acids is 1. The van der Waals surface area contributed by atoms with Crippen molar-refractivity contribution in [1.82, 2.24) is 4.31 Å². The summed E-state index contributed by atoms with van der Waals surface area (Å²) in [6.07, 6.45) is 2.67. The van der Waals surface area contributed by atoms with Gasteiger partial charge < -0.3 is 9.47 Å². The molecule has 1 aliphatic heterocycles. The van der Waals surface area contributed by atoms with Gasteiger partial charge in [-0.15, -0.1) is 0 Å². The van der Waals surface area contributed by atoms with Crippen LogP contribution in [0.2, 0.25) is 5.02 Å². The van der Waals surface area contributed by atoms with Gasteiger partial charge in [-0.05, 0) is 43.2 Å². The summed E-state index contributed by atoms with van der Waals surface area (Å²) in [7, 11) is -2.21. The second kappa shape index (κ2) is 8.29. The molecular weight excluding hydrogens is 390 g/mol. The van der Waals surface area contributed by atoms with Crippen molar-refractivity contribution < 1.29 is 22.7 Å².